The van der Waals surface area contributed by atoms with Crippen molar-refractivity contribution in [3.8, 4) is 33.6 Å². The van der Waals surface area contributed by atoms with Gasteiger partial charge in [0.2, 0.25) is 0 Å². The van der Waals surface area contributed by atoms with Crippen LogP contribution in [0.1, 0.15) is 5.56 Å². The van der Waals surface area contributed by atoms with Crippen LogP contribution in [0.25, 0.3) is 33.6 Å². The normalized spacial score (nSPS) is 10.6. The Balaban J connectivity index is 1.98. The number of pyridine rings is 2. The van der Waals surface area contributed by atoms with Gasteiger partial charge in [-0.2, -0.15) is 0 Å². The van der Waals surface area contributed by atoms with Crippen LogP contribution in [0.5, 0.6) is 0 Å². The van der Waals surface area contributed by atoms with Crippen LogP contribution in [-0.2, 0) is 0 Å². The maximum atomic E-state index is 4.56. The minimum atomic E-state index is 0.969. The van der Waals surface area contributed by atoms with E-state index in [1.807, 2.05) is 48.8 Å². The fraction of sp³-hybridized carbons (Fsp3) is 0.0435. The molecule has 0 unspecified atom stereocenters. The van der Waals surface area contributed by atoms with E-state index < -0.39 is 0 Å². The molecular weight excluding hydrogens is 304 g/mol. The van der Waals surface area contributed by atoms with Gasteiger partial charge in [-0.3, -0.25) is 9.97 Å². The standard InChI is InChI=1S/C23H18N2/c1-17-20(18-9-3-2-4-10-18)15-19(22-11-5-7-13-24-22)16-21(17)23-12-6-8-14-25-23/h2-16H,1H3. The maximum Gasteiger partial charge on any atom is 0.0705 e. The average molecular weight is 322 g/mol. The third-order valence-electron chi connectivity index (χ3n) is 4.39. The van der Waals surface area contributed by atoms with Crippen LogP contribution >= 0.6 is 0 Å². The molecule has 4 aromatic rings. The molecule has 2 heterocycles. The highest BCUT2D eigenvalue weighted by molar-refractivity contribution is 5.83. The van der Waals surface area contributed by atoms with Crippen molar-refractivity contribution in [1.29, 1.82) is 0 Å². The molecule has 120 valence electrons. The van der Waals surface area contributed by atoms with Gasteiger partial charge in [-0.1, -0.05) is 42.5 Å². The summed E-state index contributed by atoms with van der Waals surface area (Å²) in [6, 6.07) is 26.9. The predicted octanol–water partition coefficient (Wildman–Crippen LogP) is 5.79. The Morgan fingerprint density at radius 2 is 1.16 bits per heavy atom. The molecule has 2 heteroatoms. The summed E-state index contributed by atoms with van der Waals surface area (Å²) in [5, 5.41) is 0. The van der Waals surface area contributed by atoms with Crippen LogP contribution in [0.2, 0.25) is 0 Å². The van der Waals surface area contributed by atoms with Gasteiger partial charge in [0.25, 0.3) is 0 Å². The summed E-state index contributed by atoms with van der Waals surface area (Å²) in [4.78, 5) is 9.09. The zero-order chi connectivity index (χ0) is 17.1. The number of aromatic nitrogens is 2. The van der Waals surface area contributed by atoms with E-state index >= 15 is 0 Å². The minimum Gasteiger partial charge on any atom is -0.256 e. The van der Waals surface area contributed by atoms with E-state index in [9.17, 15) is 0 Å². The first-order valence-electron chi connectivity index (χ1n) is 8.36. The van der Waals surface area contributed by atoms with Gasteiger partial charge in [0.1, 0.15) is 0 Å². The van der Waals surface area contributed by atoms with Crippen molar-refractivity contribution in [2.24, 2.45) is 0 Å². The lowest BCUT2D eigenvalue weighted by molar-refractivity contribution is 1.29. The highest BCUT2D eigenvalue weighted by atomic mass is 14.7. The molecule has 0 aliphatic rings. The fourth-order valence-electron chi connectivity index (χ4n) is 3.10. The van der Waals surface area contributed by atoms with Crippen LogP contribution in [0.15, 0.2) is 91.3 Å². The fourth-order valence-corrected chi connectivity index (χ4v) is 3.10. The quantitative estimate of drug-likeness (QED) is 0.477. The van der Waals surface area contributed by atoms with Gasteiger partial charge in [0.15, 0.2) is 0 Å². The Labute approximate surface area is 147 Å². The van der Waals surface area contributed by atoms with Crippen molar-refractivity contribution < 1.29 is 0 Å². The molecule has 0 fully saturated rings. The molecule has 0 aliphatic heterocycles. The Morgan fingerprint density at radius 3 is 1.80 bits per heavy atom. The zero-order valence-electron chi connectivity index (χ0n) is 14.1. The van der Waals surface area contributed by atoms with Gasteiger partial charge in [-0.15, -0.1) is 0 Å². The van der Waals surface area contributed by atoms with E-state index in [1.165, 1.54) is 16.7 Å². The summed E-state index contributed by atoms with van der Waals surface area (Å²) in [5.74, 6) is 0. The summed E-state index contributed by atoms with van der Waals surface area (Å²) in [5.41, 5.74) is 7.84. The SMILES string of the molecule is Cc1c(-c2ccccc2)cc(-c2ccccn2)cc1-c1ccccn1. The van der Waals surface area contributed by atoms with Gasteiger partial charge in [0.05, 0.1) is 11.4 Å². The lowest BCUT2D eigenvalue weighted by Gasteiger charge is -2.14. The maximum absolute atomic E-state index is 4.56. The largest absolute Gasteiger partial charge is 0.256 e. The molecule has 0 spiro atoms. The molecule has 25 heavy (non-hydrogen) atoms. The molecule has 0 amide bonds. The van der Waals surface area contributed by atoms with E-state index in [1.54, 1.807) is 0 Å². The first kappa shape index (κ1) is 15.3. The first-order chi connectivity index (χ1) is 12.3. The van der Waals surface area contributed by atoms with Crippen LogP contribution in [0.3, 0.4) is 0 Å². The average Bonchev–Trinajstić information content (AvgIpc) is 2.70. The zero-order valence-corrected chi connectivity index (χ0v) is 14.1. The number of rotatable bonds is 3. The highest BCUT2D eigenvalue weighted by Gasteiger charge is 2.13. The summed E-state index contributed by atoms with van der Waals surface area (Å²) in [6.45, 7) is 2.16. The van der Waals surface area contributed by atoms with E-state index in [0.29, 0.717) is 0 Å². The van der Waals surface area contributed by atoms with Crippen LogP contribution < -0.4 is 0 Å². The highest BCUT2D eigenvalue weighted by Crippen LogP contribution is 2.35. The van der Waals surface area contributed by atoms with Crippen LogP contribution in [0.4, 0.5) is 0 Å². The van der Waals surface area contributed by atoms with Crippen molar-refractivity contribution in [3.63, 3.8) is 0 Å². The molecule has 0 N–H and O–H groups in total. The third-order valence-corrected chi connectivity index (χ3v) is 4.39. The monoisotopic (exact) mass is 322 g/mol. The van der Waals surface area contributed by atoms with E-state index in [0.717, 1.165) is 22.5 Å². The summed E-state index contributed by atoms with van der Waals surface area (Å²) in [6.07, 6.45) is 3.67. The second-order valence-corrected chi connectivity index (χ2v) is 5.99. The van der Waals surface area contributed by atoms with Gasteiger partial charge >= 0.3 is 0 Å². The van der Waals surface area contributed by atoms with E-state index in [2.05, 4.69) is 59.4 Å². The molecule has 4 rings (SSSR count). The predicted molar refractivity (Wildman–Crippen MR) is 103 cm³/mol. The molecule has 0 aliphatic carbocycles. The van der Waals surface area contributed by atoms with Gasteiger partial charge in [0, 0.05) is 23.5 Å². The summed E-state index contributed by atoms with van der Waals surface area (Å²) >= 11 is 0. The Bertz CT molecular complexity index is 918. The molecule has 0 radical (unpaired) electrons. The lowest BCUT2D eigenvalue weighted by atomic mass is 9.91. The first-order valence-corrected chi connectivity index (χ1v) is 8.36. The Morgan fingerprint density at radius 1 is 0.560 bits per heavy atom. The van der Waals surface area contributed by atoms with Crippen molar-refractivity contribution in [1.82, 2.24) is 9.97 Å². The molecule has 0 saturated heterocycles. The Kier molecular flexibility index (Phi) is 4.09. The van der Waals surface area contributed by atoms with Crippen LogP contribution in [-0.4, -0.2) is 9.97 Å². The van der Waals surface area contributed by atoms with Crippen molar-refractivity contribution in [2.75, 3.05) is 0 Å². The third kappa shape index (κ3) is 3.07. The smallest absolute Gasteiger partial charge is 0.0705 e. The van der Waals surface area contributed by atoms with Crippen molar-refractivity contribution >= 4 is 0 Å². The van der Waals surface area contributed by atoms with E-state index in [-0.39, 0.29) is 0 Å². The topological polar surface area (TPSA) is 25.8 Å². The second-order valence-electron chi connectivity index (χ2n) is 5.99. The van der Waals surface area contributed by atoms with Gasteiger partial charge in [-0.25, -0.2) is 0 Å². The van der Waals surface area contributed by atoms with E-state index in [4.69, 9.17) is 0 Å². The molecule has 2 nitrogen and oxygen atoms in total. The number of nitrogens with zero attached hydrogens (tertiary/aromatic N) is 2. The number of hydrogen-bond acceptors (Lipinski definition) is 2. The van der Waals surface area contributed by atoms with Crippen LogP contribution in [0, 0.1) is 6.92 Å². The summed E-state index contributed by atoms with van der Waals surface area (Å²) in [7, 11) is 0. The molecule has 0 atom stereocenters. The molecule has 0 saturated carbocycles. The minimum absolute atomic E-state index is 0.969. The number of hydrogen-bond donors (Lipinski definition) is 0. The summed E-state index contributed by atoms with van der Waals surface area (Å²) < 4.78 is 0. The van der Waals surface area contributed by atoms with Crippen molar-refractivity contribution in [3.05, 3.63) is 96.8 Å². The number of benzene rings is 2. The van der Waals surface area contributed by atoms with Crippen molar-refractivity contribution in [2.45, 2.75) is 6.92 Å². The van der Waals surface area contributed by atoms with Gasteiger partial charge in [-0.05, 0) is 60.0 Å². The Hall–Kier alpha value is -3.26. The molecule has 2 aromatic carbocycles. The second kappa shape index (κ2) is 6.70. The lowest BCUT2D eigenvalue weighted by Crippen LogP contribution is -1.93. The molecular formula is C23H18N2. The molecule has 2 aromatic heterocycles. The van der Waals surface area contributed by atoms with Gasteiger partial charge < -0.3 is 0 Å². The molecule has 0 bridgehead atoms.